The van der Waals surface area contributed by atoms with Gasteiger partial charge in [0.25, 0.3) is 0 Å². The minimum Gasteiger partial charge on any atom is -0.480 e. The molecule has 3 nitrogen and oxygen atoms in total. The maximum Gasteiger partial charge on any atom is 0.320 e. The Morgan fingerprint density at radius 3 is 2.08 bits per heavy atom. The normalized spacial score (nSPS) is 17.7. The van der Waals surface area contributed by atoms with Crippen LogP contribution < -0.4 is 0 Å². The van der Waals surface area contributed by atoms with Gasteiger partial charge in [-0.2, -0.15) is 0 Å². The number of rotatable bonds is 7. The van der Waals surface area contributed by atoms with Gasteiger partial charge >= 0.3 is 5.97 Å². The van der Waals surface area contributed by atoms with Crippen LogP contribution in [0.4, 0.5) is 8.78 Å². The lowest BCUT2D eigenvalue weighted by molar-refractivity contribution is -0.142. The van der Waals surface area contributed by atoms with Crippen LogP contribution in [0.25, 0.3) is 0 Å². The van der Waals surface area contributed by atoms with E-state index in [1.54, 1.807) is 24.3 Å². The maximum atomic E-state index is 13.3. The summed E-state index contributed by atoms with van der Waals surface area (Å²) in [6, 6.07) is 12.4. The highest BCUT2D eigenvalue weighted by atomic mass is 19.1. The second-order valence-corrected chi connectivity index (χ2v) is 6.83. The Morgan fingerprint density at radius 1 is 1.04 bits per heavy atom. The van der Waals surface area contributed by atoms with E-state index in [9.17, 15) is 18.7 Å². The number of aliphatic carboxylic acids is 1. The summed E-state index contributed by atoms with van der Waals surface area (Å²) < 4.78 is 26.5. The zero-order valence-corrected chi connectivity index (χ0v) is 14.6. The molecule has 0 amide bonds. The molecule has 26 heavy (non-hydrogen) atoms. The molecule has 1 N–H and O–H groups in total. The molecule has 1 saturated heterocycles. The summed E-state index contributed by atoms with van der Waals surface area (Å²) in [5.74, 6) is -1.29. The van der Waals surface area contributed by atoms with Crippen LogP contribution >= 0.6 is 0 Å². The number of nitrogens with zero attached hydrogens (tertiary/aromatic N) is 1. The third-order valence-electron chi connectivity index (χ3n) is 5.13. The van der Waals surface area contributed by atoms with Gasteiger partial charge in [0.1, 0.15) is 17.7 Å². The van der Waals surface area contributed by atoms with E-state index in [0.717, 1.165) is 43.5 Å². The lowest BCUT2D eigenvalue weighted by Gasteiger charge is -2.23. The fraction of sp³-hybridized carbons (Fsp3) is 0.381. The Kier molecular flexibility index (Phi) is 5.99. The lowest BCUT2D eigenvalue weighted by Crippen LogP contribution is -2.36. The molecule has 1 aliphatic rings. The molecule has 3 rings (SSSR count). The number of benzene rings is 2. The molecule has 1 unspecified atom stereocenters. The Hall–Kier alpha value is -2.27. The van der Waals surface area contributed by atoms with Crippen LogP contribution in [0.5, 0.6) is 0 Å². The van der Waals surface area contributed by atoms with E-state index in [-0.39, 0.29) is 23.6 Å². The van der Waals surface area contributed by atoms with Gasteiger partial charge in [-0.15, -0.1) is 0 Å². The first-order valence-corrected chi connectivity index (χ1v) is 9.02. The van der Waals surface area contributed by atoms with Crippen molar-refractivity contribution in [1.29, 1.82) is 0 Å². The van der Waals surface area contributed by atoms with E-state index in [2.05, 4.69) is 0 Å². The largest absolute Gasteiger partial charge is 0.480 e. The smallest absolute Gasteiger partial charge is 0.320 e. The van der Waals surface area contributed by atoms with Crippen LogP contribution in [0.1, 0.15) is 42.7 Å². The molecule has 0 radical (unpaired) electrons. The molecule has 0 spiro atoms. The van der Waals surface area contributed by atoms with Crippen molar-refractivity contribution in [3.63, 3.8) is 0 Å². The van der Waals surface area contributed by atoms with Gasteiger partial charge in [0.05, 0.1) is 0 Å². The quantitative estimate of drug-likeness (QED) is 0.795. The van der Waals surface area contributed by atoms with Gasteiger partial charge in [-0.1, -0.05) is 24.3 Å². The fourth-order valence-corrected chi connectivity index (χ4v) is 3.79. The number of hydrogen-bond donors (Lipinski definition) is 1. The monoisotopic (exact) mass is 359 g/mol. The topological polar surface area (TPSA) is 40.5 Å². The van der Waals surface area contributed by atoms with Gasteiger partial charge < -0.3 is 5.11 Å². The van der Waals surface area contributed by atoms with Crippen molar-refractivity contribution in [3.8, 4) is 0 Å². The van der Waals surface area contributed by atoms with Crippen LogP contribution in [0.15, 0.2) is 48.5 Å². The molecule has 1 aliphatic heterocycles. The fourth-order valence-electron chi connectivity index (χ4n) is 3.79. The molecule has 1 fully saturated rings. The summed E-state index contributed by atoms with van der Waals surface area (Å²) in [6.45, 7) is 1.53. The second kappa shape index (κ2) is 8.41. The molecule has 1 heterocycles. The van der Waals surface area contributed by atoms with Crippen LogP contribution in [0.2, 0.25) is 0 Å². The van der Waals surface area contributed by atoms with Crippen molar-refractivity contribution in [2.45, 2.75) is 37.6 Å². The first-order valence-electron chi connectivity index (χ1n) is 9.02. The molecule has 0 aromatic heterocycles. The standard InChI is InChI=1S/C21H23F2NO2/c22-17-9-5-15(6-10-17)19(16-7-11-18(23)12-8-16)3-1-13-24-14-2-4-20(24)21(25)26/h5-12,19-20H,1-4,13-14H2,(H,25,26). The van der Waals surface area contributed by atoms with Crippen molar-refractivity contribution in [3.05, 3.63) is 71.3 Å². The third-order valence-corrected chi connectivity index (χ3v) is 5.13. The van der Waals surface area contributed by atoms with Crippen LogP contribution in [0, 0.1) is 11.6 Å². The third kappa shape index (κ3) is 4.47. The molecule has 2 aromatic carbocycles. The number of carboxylic acid groups (broad SMARTS) is 1. The number of halogens is 2. The number of hydrogen-bond acceptors (Lipinski definition) is 2. The first-order chi connectivity index (χ1) is 12.5. The average molecular weight is 359 g/mol. The van der Waals surface area contributed by atoms with Crippen molar-refractivity contribution in [2.75, 3.05) is 13.1 Å². The van der Waals surface area contributed by atoms with Gasteiger partial charge in [0, 0.05) is 5.92 Å². The highest BCUT2D eigenvalue weighted by Gasteiger charge is 2.30. The Morgan fingerprint density at radius 2 is 1.58 bits per heavy atom. The van der Waals surface area contributed by atoms with Crippen molar-refractivity contribution in [2.24, 2.45) is 0 Å². The zero-order chi connectivity index (χ0) is 18.5. The Labute approximate surface area is 152 Å². The number of carbonyl (C=O) groups is 1. The summed E-state index contributed by atoms with van der Waals surface area (Å²) in [7, 11) is 0. The summed E-state index contributed by atoms with van der Waals surface area (Å²) >= 11 is 0. The highest BCUT2D eigenvalue weighted by molar-refractivity contribution is 5.73. The summed E-state index contributed by atoms with van der Waals surface area (Å²) in [5.41, 5.74) is 1.96. The highest BCUT2D eigenvalue weighted by Crippen LogP contribution is 2.30. The number of carboxylic acids is 1. The van der Waals surface area contributed by atoms with Crippen LogP contribution in [-0.4, -0.2) is 35.1 Å². The van der Waals surface area contributed by atoms with Gasteiger partial charge in [-0.05, 0) is 74.2 Å². The Balaban J connectivity index is 1.70. The zero-order valence-electron chi connectivity index (χ0n) is 14.6. The summed E-state index contributed by atoms with van der Waals surface area (Å²) in [4.78, 5) is 13.3. The molecule has 0 saturated carbocycles. The second-order valence-electron chi connectivity index (χ2n) is 6.83. The van der Waals surface area contributed by atoms with Crippen molar-refractivity contribution < 1.29 is 18.7 Å². The maximum absolute atomic E-state index is 13.3. The van der Waals surface area contributed by atoms with Gasteiger partial charge in [0.15, 0.2) is 0 Å². The van der Waals surface area contributed by atoms with E-state index in [0.29, 0.717) is 6.42 Å². The van der Waals surface area contributed by atoms with Gasteiger partial charge in [0.2, 0.25) is 0 Å². The summed E-state index contributed by atoms with van der Waals surface area (Å²) in [6.07, 6.45) is 3.23. The van der Waals surface area contributed by atoms with E-state index in [4.69, 9.17) is 0 Å². The van der Waals surface area contributed by atoms with Gasteiger partial charge in [-0.3, -0.25) is 9.69 Å². The van der Waals surface area contributed by atoms with Crippen molar-refractivity contribution >= 4 is 5.97 Å². The van der Waals surface area contributed by atoms with E-state index < -0.39 is 5.97 Å². The molecular formula is C21H23F2NO2. The van der Waals surface area contributed by atoms with Gasteiger partial charge in [-0.25, -0.2) is 8.78 Å². The summed E-state index contributed by atoms with van der Waals surface area (Å²) in [5, 5.41) is 9.29. The molecule has 1 atom stereocenters. The number of likely N-dealkylation sites (tertiary alicyclic amines) is 1. The van der Waals surface area contributed by atoms with E-state index in [1.807, 2.05) is 4.90 Å². The van der Waals surface area contributed by atoms with Crippen LogP contribution in [0.3, 0.4) is 0 Å². The lowest BCUT2D eigenvalue weighted by atomic mass is 9.87. The van der Waals surface area contributed by atoms with Crippen molar-refractivity contribution in [1.82, 2.24) is 4.90 Å². The van der Waals surface area contributed by atoms with E-state index in [1.165, 1.54) is 24.3 Å². The first kappa shape index (κ1) is 18.5. The molecule has 2 aromatic rings. The molecule has 138 valence electrons. The predicted octanol–water partition coefficient (Wildman–Crippen LogP) is 4.43. The molecule has 0 bridgehead atoms. The minimum absolute atomic E-state index is 0.0297. The van der Waals surface area contributed by atoms with E-state index >= 15 is 0 Å². The molecular weight excluding hydrogens is 336 g/mol. The van der Waals surface area contributed by atoms with Crippen LogP contribution in [-0.2, 0) is 4.79 Å². The Bertz CT molecular complexity index is 685. The minimum atomic E-state index is -0.754. The predicted molar refractivity (Wildman–Crippen MR) is 96.1 cm³/mol. The molecule has 0 aliphatic carbocycles. The average Bonchev–Trinajstić information content (AvgIpc) is 3.10. The SMILES string of the molecule is O=C(O)C1CCCN1CCCC(c1ccc(F)cc1)c1ccc(F)cc1. The molecule has 5 heteroatoms.